The topological polar surface area (TPSA) is 112 Å². The van der Waals surface area contributed by atoms with Gasteiger partial charge < -0.3 is 19.9 Å². The summed E-state index contributed by atoms with van der Waals surface area (Å²) in [5.74, 6) is -0.747. The average Bonchev–Trinajstić information content (AvgIpc) is 3.21. The summed E-state index contributed by atoms with van der Waals surface area (Å²) in [5, 5.41) is 24.3. The molecule has 7 nitrogen and oxygen atoms in total. The van der Waals surface area contributed by atoms with E-state index in [0.29, 0.717) is 34.6 Å². The summed E-state index contributed by atoms with van der Waals surface area (Å²) < 4.78 is 5.39. The minimum Gasteiger partial charge on any atom is -0.504 e. The highest BCUT2D eigenvalue weighted by atomic mass is 16.3. The maximum atomic E-state index is 12.4. The Morgan fingerprint density at radius 1 is 0.964 bits per heavy atom. The van der Waals surface area contributed by atoms with Crippen LogP contribution in [0, 0.1) is 0 Å². The van der Waals surface area contributed by atoms with Gasteiger partial charge in [-0.05, 0) is 42.0 Å². The number of phenols is 2. The molecule has 0 bridgehead atoms. The summed E-state index contributed by atoms with van der Waals surface area (Å²) in [7, 11) is 0. The first kappa shape index (κ1) is 17.4. The lowest BCUT2D eigenvalue weighted by Gasteiger charge is -2.19. The van der Waals surface area contributed by atoms with Crippen LogP contribution < -0.4 is 10.6 Å². The smallest absolute Gasteiger partial charge is 0.260 e. The number of hydrogen-bond acceptors (Lipinski definition) is 6. The van der Waals surface area contributed by atoms with Gasteiger partial charge in [0.1, 0.15) is 5.76 Å². The Balaban J connectivity index is 1.65. The van der Waals surface area contributed by atoms with Crippen molar-refractivity contribution in [3.8, 4) is 22.8 Å². The van der Waals surface area contributed by atoms with E-state index in [1.807, 2.05) is 0 Å². The minimum atomic E-state index is -0.504. The van der Waals surface area contributed by atoms with E-state index in [1.165, 1.54) is 18.3 Å². The molecule has 0 atom stereocenters. The van der Waals surface area contributed by atoms with Crippen LogP contribution in [0.5, 0.6) is 11.5 Å². The van der Waals surface area contributed by atoms with Crippen molar-refractivity contribution in [2.75, 3.05) is 0 Å². The zero-order chi connectivity index (χ0) is 19.7. The second-order valence-corrected chi connectivity index (χ2v) is 6.28. The van der Waals surface area contributed by atoms with Crippen LogP contribution in [0.4, 0.5) is 0 Å². The van der Waals surface area contributed by atoms with Crippen molar-refractivity contribution in [2.24, 2.45) is 0 Å². The monoisotopic (exact) mass is 376 g/mol. The Morgan fingerprint density at radius 2 is 1.82 bits per heavy atom. The van der Waals surface area contributed by atoms with Gasteiger partial charge in [-0.1, -0.05) is 12.1 Å². The van der Waals surface area contributed by atoms with Crippen LogP contribution in [0.1, 0.15) is 21.5 Å². The number of nitrogens with one attached hydrogen (secondary N) is 2. The zero-order valence-corrected chi connectivity index (χ0v) is 14.6. The molecule has 0 saturated heterocycles. The first-order valence-corrected chi connectivity index (χ1v) is 8.51. The molecule has 1 aliphatic heterocycles. The van der Waals surface area contributed by atoms with E-state index < -0.39 is 11.8 Å². The van der Waals surface area contributed by atoms with Gasteiger partial charge in [-0.15, -0.1) is 0 Å². The third-order valence-electron chi connectivity index (χ3n) is 4.42. The fourth-order valence-corrected chi connectivity index (χ4v) is 3.01. The number of phenolic OH excluding ortho intramolecular Hbond substituents is 2. The molecule has 0 fully saturated rings. The molecule has 140 valence electrons. The summed E-state index contributed by atoms with van der Waals surface area (Å²) >= 11 is 0. The van der Waals surface area contributed by atoms with Crippen LogP contribution in [0.3, 0.4) is 0 Å². The molecule has 4 N–H and O–H groups in total. The Hall–Kier alpha value is -4.00. The Labute approximate surface area is 159 Å². The molecule has 1 aromatic heterocycles. The number of hydrogen-bond donors (Lipinski definition) is 4. The van der Waals surface area contributed by atoms with Gasteiger partial charge in [0.05, 0.1) is 11.8 Å². The first-order chi connectivity index (χ1) is 13.5. The predicted molar refractivity (Wildman–Crippen MR) is 101 cm³/mol. The number of fused-ring (bicyclic) bond motifs is 1. The molecule has 0 radical (unpaired) electrons. The maximum Gasteiger partial charge on any atom is 0.260 e. The fourth-order valence-electron chi connectivity index (χ4n) is 3.01. The maximum absolute atomic E-state index is 12.4. The molecule has 4 rings (SSSR count). The molecule has 0 unspecified atom stereocenters. The van der Waals surface area contributed by atoms with Crippen LogP contribution >= 0.6 is 0 Å². The van der Waals surface area contributed by atoms with Gasteiger partial charge in [0.2, 0.25) is 0 Å². The summed E-state index contributed by atoms with van der Waals surface area (Å²) in [4.78, 5) is 24.5. The van der Waals surface area contributed by atoms with Crippen molar-refractivity contribution < 1.29 is 24.2 Å². The number of amides is 2. The number of benzene rings is 2. The van der Waals surface area contributed by atoms with Gasteiger partial charge in [-0.25, -0.2) is 0 Å². The summed E-state index contributed by atoms with van der Waals surface area (Å²) in [6, 6.07) is 13.2. The predicted octanol–water partition coefficient (Wildman–Crippen LogP) is 2.76. The van der Waals surface area contributed by atoms with Crippen molar-refractivity contribution in [3.05, 3.63) is 77.7 Å². The van der Waals surface area contributed by atoms with Gasteiger partial charge in [0, 0.05) is 29.4 Å². The Morgan fingerprint density at radius 3 is 2.57 bits per heavy atom. The number of rotatable bonds is 4. The molecule has 3 aromatic rings. The second-order valence-electron chi connectivity index (χ2n) is 6.28. The van der Waals surface area contributed by atoms with E-state index in [0.717, 1.165) is 5.56 Å². The molecule has 0 spiro atoms. The lowest BCUT2D eigenvalue weighted by atomic mass is 9.93. The molecular weight excluding hydrogens is 360 g/mol. The molecular formula is C21H16N2O5. The van der Waals surface area contributed by atoms with Crippen LogP contribution in [0.25, 0.3) is 16.9 Å². The van der Waals surface area contributed by atoms with Gasteiger partial charge in [0.15, 0.2) is 11.5 Å². The summed E-state index contributed by atoms with van der Waals surface area (Å²) in [6.45, 7) is 0.311. The van der Waals surface area contributed by atoms with Crippen LogP contribution in [-0.2, 0) is 11.3 Å². The molecule has 7 heteroatoms. The van der Waals surface area contributed by atoms with Crippen LogP contribution in [-0.4, -0.2) is 22.0 Å². The Bertz CT molecular complexity index is 1100. The molecule has 0 saturated carbocycles. The van der Waals surface area contributed by atoms with E-state index >= 15 is 0 Å². The largest absolute Gasteiger partial charge is 0.504 e. The highest BCUT2D eigenvalue weighted by Crippen LogP contribution is 2.30. The van der Waals surface area contributed by atoms with Crippen molar-refractivity contribution in [1.29, 1.82) is 0 Å². The lowest BCUT2D eigenvalue weighted by molar-refractivity contribution is -0.114. The Kier molecular flexibility index (Phi) is 4.33. The van der Waals surface area contributed by atoms with Crippen molar-refractivity contribution in [2.45, 2.75) is 6.54 Å². The molecule has 0 aliphatic carbocycles. The van der Waals surface area contributed by atoms with Crippen molar-refractivity contribution in [3.63, 3.8) is 0 Å². The first-order valence-electron chi connectivity index (χ1n) is 8.51. The van der Waals surface area contributed by atoms with E-state index in [1.54, 1.807) is 42.7 Å². The highest BCUT2D eigenvalue weighted by molar-refractivity contribution is 6.31. The zero-order valence-electron chi connectivity index (χ0n) is 14.6. The number of carbonyl (C=O) groups is 2. The summed E-state index contributed by atoms with van der Waals surface area (Å²) in [6.07, 6.45) is 3.08. The average molecular weight is 376 g/mol. The van der Waals surface area contributed by atoms with Gasteiger partial charge in [0.25, 0.3) is 11.8 Å². The molecule has 2 heterocycles. The molecule has 2 amide bonds. The van der Waals surface area contributed by atoms with Gasteiger partial charge >= 0.3 is 0 Å². The standard InChI is InChI=1S/C21H16N2O5/c24-17-6-3-12(8-18(17)25)10-22-11-16-15-9-13(19-2-1-7-28-19)4-5-14(15)20(26)23-21(16)27/h1-9,11,22,24-25H,10H2,(H,23,26,27)/b16-11+. The number of aromatic hydroxyl groups is 2. The highest BCUT2D eigenvalue weighted by Gasteiger charge is 2.27. The molecule has 28 heavy (non-hydrogen) atoms. The molecule has 2 aromatic carbocycles. The van der Waals surface area contributed by atoms with Crippen LogP contribution in [0.2, 0.25) is 0 Å². The van der Waals surface area contributed by atoms with Gasteiger partial charge in [-0.2, -0.15) is 0 Å². The van der Waals surface area contributed by atoms with Crippen LogP contribution in [0.15, 0.2) is 65.4 Å². The number of carbonyl (C=O) groups excluding carboxylic acids is 2. The second kappa shape index (κ2) is 6.96. The SMILES string of the molecule is O=C1NC(=O)c2ccc(-c3ccco3)cc2/C1=C\NCc1ccc(O)c(O)c1. The fraction of sp³-hybridized carbons (Fsp3) is 0.0476. The third kappa shape index (κ3) is 3.21. The minimum absolute atomic E-state index is 0.202. The number of furan rings is 1. The third-order valence-corrected chi connectivity index (χ3v) is 4.42. The van der Waals surface area contributed by atoms with E-state index in [2.05, 4.69) is 10.6 Å². The normalized spacial score (nSPS) is 14.6. The van der Waals surface area contributed by atoms with Crippen molar-refractivity contribution in [1.82, 2.24) is 10.6 Å². The lowest BCUT2D eigenvalue weighted by Crippen LogP contribution is -2.37. The van der Waals surface area contributed by atoms with E-state index in [-0.39, 0.29) is 11.5 Å². The summed E-state index contributed by atoms with van der Waals surface area (Å²) in [5.41, 5.74) is 2.67. The van der Waals surface area contributed by atoms with Crippen molar-refractivity contribution >= 4 is 17.4 Å². The van der Waals surface area contributed by atoms with E-state index in [4.69, 9.17) is 4.42 Å². The number of imide groups is 1. The quantitative estimate of drug-likeness (QED) is 0.316. The van der Waals surface area contributed by atoms with Gasteiger partial charge in [-0.3, -0.25) is 14.9 Å². The molecule has 1 aliphatic rings. The van der Waals surface area contributed by atoms with E-state index in [9.17, 15) is 19.8 Å².